The summed E-state index contributed by atoms with van der Waals surface area (Å²) in [6.07, 6.45) is 25.3. The second-order valence-electron chi connectivity index (χ2n) is 6.50. The van der Waals surface area contributed by atoms with Gasteiger partial charge in [0.1, 0.15) is 0 Å². The topological polar surface area (TPSA) is 40.5 Å². The molecular weight excluding hydrogens is 308 g/mol. The number of allylic oxidation sites excluding steroid dienone is 5. The van der Waals surface area contributed by atoms with Gasteiger partial charge in [-0.3, -0.25) is 0 Å². The number of unbranched alkanes of at least 4 members (excludes halogenated alkanes) is 9. The van der Waals surface area contributed by atoms with Crippen LogP contribution in [0.25, 0.3) is 6.08 Å². The Morgan fingerprint density at radius 2 is 1.40 bits per heavy atom. The lowest BCUT2D eigenvalue weighted by Gasteiger charge is -2.00. The SMILES string of the molecule is CCCCCCCCCCCC=CC=CC=Cc1cccc(O)c1O. The van der Waals surface area contributed by atoms with Gasteiger partial charge < -0.3 is 10.2 Å². The fraction of sp³-hybridized carbons (Fsp3) is 0.478. The highest BCUT2D eigenvalue weighted by atomic mass is 16.3. The summed E-state index contributed by atoms with van der Waals surface area (Å²) in [5.41, 5.74) is 0.614. The molecule has 0 amide bonds. The van der Waals surface area contributed by atoms with E-state index in [2.05, 4.69) is 19.1 Å². The molecule has 0 bridgehead atoms. The van der Waals surface area contributed by atoms with Crippen molar-refractivity contribution in [2.45, 2.75) is 71.1 Å². The summed E-state index contributed by atoms with van der Waals surface area (Å²) in [4.78, 5) is 0. The lowest BCUT2D eigenvalue weighted by atomic mass is 10.1. The van der Waals surface area contributed by atoms with Crippen LogP contribution in [0.5, 0.6) is 11.5 Å². The van der Waals surface area contributed by atoms with Crippen LogP contribution in [0.3, 0.4) is 0 Å². The minimum Gasteiger partial charge on any atom is -0.504 e. The molecule has 0 aliphatic carbocycles. The molecule has 138 valence electrons. The fourth-order valence-corrected chi connectivity index (χ4v) is 2.72. The Kier molecular flexibility index (Phi) is 12.1. The van der Waals surface area contributed by atoms with Crippen molar-refractivity contribution in [3.63, 3.8) is 0 Å². The van der Waals surface area contributed by atoms with Gasteiger partial charge in [-0.2, -0.15) is 0 Å². The fourth-order valence-electron chi connectivity index (χ4n) is 2.72. The third kappa shape index (κ3) is 10.5. The largest absolute Gasteiger partial charge is 0.504 e. The van der Waals surface area contributed by atoms with E-state index in [0.717, 1.165) is 6.42 Å². The third-order valence-corrected chi connectivity index (χ3v) is 4.27. The predicted octanol–water partition coefficient (Wildman–Crippen LogP) is 7.14. The molecular formula is C23H34O2. The Morgan fingerprint density at radius 3 is 2.12 bits per heavy atom. The van der Waals surface area contributed by atoms with E-state index in [0.29, 0.717) is 5.56 Å². The lowest BCUT2D eigenvalue weighted by Crippen LogP contribution is -1.80. The van der Waals surface area contributed by atoms with Crippen LogP contribution in [0.1, 0.15) is 76.7 Å². The normalized spacial score (nSPS) is 12.0. The average Bonchev–Trinajstić information content (AvgIpc) is 2.61. The molecule has 0 saturated heterocycles. The van der Waals surface area contributed by atoms with Crippen LogP contribution >= 0.6 is 0 Å². The van der Waals surface area contributed by atoms with Gasteiger partial charge in [0, 0.05) is 5.56 Å². The van der Waals surface area contributed by atoms with E-state index < -0.39 is 0 Å². The molecule has 0 fully saturated rings. The van der Waals surface area contributed by atoms with Crippen LogP contribution in [-0.4, -0.2) is 10.2 Å². The van der Waals surface area contributed by atoms with Gasteiger partial charge in [-0.25, -0.2) is 0 Å². The number of benzene rings is 1. The number of hydrogen-bond acceptors (Lipinski definition) is 2. The summed E-state index contributed by atoms with van der Waals surface area (Å²) < 4.78 is 0. The molecule has 25 heavy (non-hydrogen) atoms. The summed E-state index contributed by atoms with van der Waals surface area (Å²) in [6.45, 7) is 2.26. The summed E-state index contributed by atoms with van der Waals surface area (Å²) >= 11 is 0. The highest BCUT2D eigenvalue weighted by molar-refractivity contribution is 5.62. The molecule has 1 aromatic carbocycles. The zero-order valence-electron chi connectivity index (χ0n) is 15.7. The van der Waals surface area contributed by atoms with Crippen molar-refractivity contribution in [3.8, 4) is 11.5 Å². The molecule has 0 unspecified atom stereocenters. The van der Waals surface area contributed by atoms with Gasteiger partial charge in [0.15, 0.2) is 11.5 Å². The van der Waals surface area contributed by atoms with Crippen molar-refractivity contribution in [2.75, 3.05) is 0 Å². The van der Waals surface area contributed by atoms with E-state index in [1.54, 1.807) is 18.2 Å². The monoisotopic (exact) mass is 342 g/mol. The summed E-state index contributed by atoms with van der Waals surface area (Å²) in [5, 5.41) is 19.1. The zero-order valence-corrected chi connectivity index (χ0v) is 15.7. The Morgan fingerprint density at radius 1 is 0.760 bits per heavy atom. The van der Waals surface area contributed by atoms with Gasteiger partial charge >= 0.3 is 0 Å². The number of para-hydroxylation sites is 1. The van der Waals surface area contributed by atoms with E-state index in [4.69, 9.17) is 0 Å². The van der Waals surface area contributed by atoms with Crippen molar-refractivity contribution in [1.29, 1.82) is 0 Å². The number of aromatic hydroxyl groups is 2. The molecule has 0 saturated carbocycles. The van der Waals surface area contributed by atoms with Gasteiger partial charge in [-0.05, 0) is 18.9 Å². The quantitative estimate of drug-likeness (QED) is 0.227. The average molecular weight is 343 g/mol. The molecule has 0 aliphatic rings. The maximum atomic E-state index is 9.67. The van der Waals surface area contributed by atoms with Crippen LogP contribution in [0.15, 0.2) is 48.6 Å². The molecule has 1 rings (SSSR count). The molecule has 1 aromatic rings. The van der Waals surface area contributed by atoms with E-state index in [9.17, 15) is 10.2 Å². The van der Waals surface area contributed by atoms with Crippen molar-refractivity contribution in [2.24, 2.45) is 0 Å². The summed E-state index contributed by atoms with van der Waals surface area (Å²) in [6, 6.07) is 4.94. The highest BCUT2D eigenvalue weighted by Crippen LogP contribution is 2.28. The van der Waals surface area contributed by atoms with E-state index >= 15 is 0 Å². The van der Waals surface area contributed by atoms with Gasteiger partial charge in [0.05, 0.1) is 0 Å². The van der Waals surface area contributed by atoms with Gasteiger partial charge in [-0.15, -0.1) is 0 Å². The highest BCUT2D eigenvalue weighted by Gasteiger charge is 2.00. The van der Waals surface area contributed by atoms with Crippen LogP contribution < -0.4 is 0 Å². The number of rotatable bonds is 13. The summed E-state index contributed by atoms with van der Waals surface area (Å²) in [5.74, 6) is -0.167. The van der Waals surface area contributed by atoms with Crippen molar-refractivity contribution in [3.05, 3.63) is 54.1 Å². The Labute approximate surface area is 153 Å². The van der Waals surface area contributed by atoms with Crippen LogP contribution in [0.4, 0.5) is 0 Å². The first-order valence-electron chi connectivity index (χ1n) is 9.76. The second kappa shape index (κ2) is 14.4. The minimum absolute atomic E-state index is 0.0759. The molecule has 2 heteroatoms. The maximum absolute atomic E-state index is 9.67. The first kappa shape index (κ1) is 21.1. The number of phenols is 2. The van der Waals surface area contributed by atoms with Crippen LogP contribution in [0.2, 0.25) is 0 Å². The van der Waals surface area contributed by atoms with Gasteiger partial charge in [0.25, 0.3) is 0 Å². The second-order valence-corrected chi connectivity index (χ2v) is 6.50. The molecule has 0 heterocycles. The standard InChI is InChI=1S/C23H34O2/c1-2-3-4-5-6-7-8-9-10-11-12-13-14-15-16-18-21-19-17-20-22(24)23(21)25/h12-20,24-25H,2-11H2,1H3. The van der Waals surface area contributed by atoms with Crippen molar-refractivity contribution < 1.29 is 10.2 Å². The van der Waals surface area contributed by atoms with Crippen LogP contribution in [0, 0.1) is 0 Å². The molecule has 0 aliphatic heterocycles. The first-order valence-corrected chi connectivity index (χ1v) is 9.76. The van der Waals surface area contributed by atoms with Crippen molar-refractivity contribution in [1.82, 2.24) is 0 Å². The Balaban J connectivity index is 2.05. The lowest BCUT2D eigenvalue weighted by molar-refractivity contribution is 0.403. The Hall–Kier alpha value is -1.96. The third-order valence-electron chi connectivity index (χ3n) is 4.27. The molecule has 0 atom stereocenters. The summed E-state index contributed by atoms with van der Waals surface area (Å²) in [7, 11) is 0. The van der Waals surface area contributed by atoms with Gasteiger partial charge in [0.2, 0.25) is 0 Å². The zero-order chi connectivity index (χ0) is 18.2. The van der Waals surface area contributed by atoms with Gasteiger partial charge in [-0.1, -0.05) is 107 Å². The molecule has 0 aromatic heterocycles. The smallest absolute Gasteiger partial charge is 0.164 e. The van der Waals surface area contributed by atoms with Crippen LogP contribution in [-0.2, 0) is 0 Å². The number of hydrogen-bond donors (Lipinski definition) is 2. The van der Waals surface area contributed by atoms with E-state index in [-0.39, 0.29) is 11.5 Å². The van der Waals surface area contributed by atoms with E-state index in [1.807, 2.05) is 18.2 Å². The number of phenolic OH excluding ortho intramolecular Hbond substituents is 2. The maximum Gasteiger partial charge on any atom is 0.164 e. The Bertz CT molecular complexity index is 541. The first-order chi connectivity index (χ1) is 12.3. The minimum atomic E-state index is -0.0908. The molecule has 2 N–H and O–H groups in total. The van der Waals surface area contributed by atoms with E-state index in [1.165, 1.54) is 63.9 Å². The molecule has 0 spiro atoms. The van der Waals surface area contributed by atoms with Crippen molar-refractivity contribution >= 4 is 6.08 Å². The predicted molar refractivity (Wildman–Crippen MR) is 109 cm³/mol. The molecule has 2 nitrogen and oxygen atoms in total. The molecule has 0 radical (unpaired) electrons.